The smallest absolute Gasteiger partial charge is 0.336 e. The maximum Gasteiger partial charge on any atom is 0.336 e. The number of nitrogens with zero attached hydrogens (tertiary/aromatic N) is 1. The van der Waals surface area contributed by atoms with Gasteiger partial charge in [0.1, 0.15) is 18.0 Å². The molecule has 7 atom stereocenters. The average molecular weight is 712 g/mol. The highest BCUT2D eigenvalue weighted by molar-refractivity contribution is 5.95. The van der Waals surface area contributed by atoms with Gasteiger partial charge in [0.2, 0.25) is 11.8 Å². The maximum absolute atomic E-state index is 12.9. The van der Waals surface area contributed by atoms with E-state index in [1.807, 2.05) is 24.3 Å². The number of rotatable bonds is 13. The molecule has 0 aliphatic carbocycles. The number of hydrogen-bond donors (Lipinski definition) is 7. The van der Waals surface area contributed by atoms with Gasteiger partial charge in [0.25, 0.3) is 5.91 Å². The lowest BCUT2D eigenvalue weighted by molar-refractivity contribution is -0.226. The van der Waals surface area contributed by atoms with Crippen molar-refractivity contribution in [2.75, 3.05) is 26.8 Å². The molecule has 2 saturated heterocycles. The number of aliphatic hydroxyl groups is 3. The minimum absolute atomic E-state index is 0.0105. The van der Waals surface area contributed by atoms with Gasteiger partial charge in [-0.25, -0.2) is 4.79 Å². The fourth-order valence-electron chi connectivity index (χ4n) is 6.62. The van der Waals surface area contributed by atoms with Crippen molar-refractivity contribution < 1.29 is 54.2 Å². The number of aliphatic carboxylic acids is 1. The summed E-state index contributed by atoms with van der Waals surface area (Å²) >= 11 is 0. The van der Waals surface area contributed by atoms with Crippen molar-refractivity contribution in [3.05, 3.63) is 70.3 Å². The van der Waals surface area contributed by atoms with Gasteiger partial charge in [0.15, 0.2) is 5.60 Å². The van der Waals surface area contributed by atoms with E-state index in [-0.39, 0.29) is 29.6 Å². The van der Waals surface area contributed by atoms with Gasteiger partial charge in [0, 0.05) is 52.1 Å². The lowest BCUT2D eigenvalue weighted by atomic mass is 9.81. The number of aliphatic hydroxyl groups excluding tert-OH is 3. The summed E-state index contributed by atoms with van der Waals surface area (Å²) in [4.78, 5) is 52.1. The molecule has 2 aliphatic rings. The molecule has 2 aromatic carbocycles. The molecule has 2 aliphatic heterocycles. The van der Waals surface area contributed by atoms with Crippen LogP contribution in [0.2, 0.25) is 0 Å². The summed E-state index contributed by atoms with van der Waals surface area (Å²) in [5.74, 6) is -2.71. The third-order valence-electron chi connectivity index (χ3n) is 9.40. The van der Waals surface area contributed by atoms with Gasteiger partial charge < -0.3 is 50.5 Å². The quantitative estimate of drug-likeness (QED) is 0.158. The van der Waals surface area contributed by atoms with Gasteiger partial charge in [-0.3, -0.25) is 14.4 Å². The lowest BCUT2D eigenvalue weighted by Gasteiger charge is -2.47. The molecule has 2 fully saturated rings. The number of carboxylic acid groups (broad SMARTS) is 1. The molecule has 2 aromatic rings. The topological polar surface area (TPSA) is 215 Å². The Morgan fingerprint density at radius 1 is 1.12 bits per heavy atom. The summed E-state index contributed by atoms with van der Waals surface area (Å²) in [5.41, 5.74) is 0.694. The van der Waals surface area contributed by atoms with Crippen molar-refractivity contribution in [2.45, 2.75) is 89.1 Å². The standard InChI is InChI=1S/C37H49N3O11/c1-21-14-27(15-22(2)31(21)44)34(46)38-18-29(43)32(45)33-30(39-23(3)41)28(42)17-37(51-33,36(48)49)12-6-10-24-8-5-9-25(16-24)19-40(4)35(47)26-11-7-13-50-20-26/h5-6,8-10,14-16,26,28-30,32-33,42-45H,7,11-13,17-20H2,1-4H3,(H,38,46)(H,39,41)(H,48,49)/b10-6+/t26?,28-,29+,30+,32+,33+,37+/m0/s1. The number of phenolic OH excluding ortho intramolecular Hbond substituents is 1. The molecule has 0 aromatic heterocycles. The summed E-state index contributed by atoms with van der Waals surface area (Å²) in [6, 6.07) is 9.03. The first-order valence-electron chi connectivity index (χ1n) is 17.0. The molecule has 51 heavy (non-hydrogen) atoms. The van der Waals surface area contributed by atoms with Crippen molar-refractivity contribution >= 4 is 29.8 Å². The Morgan fingerprint density at radius 2 is 1.82 bits per heavy atom. The van der Waals surface area contributed by atoms with Crippen molar-refractivity contribution in [2.24, 2.45) is 5.92 Å². The number of phenols is 1. The number of nitrogens with one attached hydrogen (secondary N) is 2. The second-order valence-corrected chi connectivity index (χ2v) is 13.6. The molecule has 0 saturated carbocycles. The lowest BCUT2D eigenvalue weighted by Crippen LogP contribution is -2.67. The van der Waals surface area contributed by atoms with Crippen molar-refractivity contribution in [1.82, 2.24) is 15.5 Å². The maximum atomic E-state index is 12.9. The van der Waals surface area contributed by atoms with E-state index in [0.29, 0.717) is 30.9 Å². The number of carboxylic acids is 1. The SMILES string of the molecule is CC(=O)N[C@H]1[C@H]([C@H](O)[C@H](O)CNC(=O)c2cc(C)c(O)c(C)c2)O[C@@](C/C=C/c2cccc(CN(C)C(=O)C3CCCOC3)c2)(C(=O)O)C[C@@H]1O. The Balaban J connectivity index is 1.46. The monoisotopic (exact) mass is 711 g/mol. The third-order valence-corrected chi connectivity index (χ3v) is 9.40. The van der Waals surface area contributed by atoms with Gasteiger partial charge in [-0.2, -0.15) is 0 Å². The van der Waals surface area contributed by atoms with E-state index in [4.69, 9.17) is 9.47 Å². The molecule has 14 nitrogen and oxygen atoms in total. The fraction of sp³-hybridized carbons (Fsp3) is 0.514. The van der Waals surface area contributed by atoms with Crippen LogP contribution in [-0.4, -0.2) is 117 Å². The van der Waals surface area contributed by atoms with Gasteiger partial charge in [0.05, 0.1) is 30.8 Å². The number of amides is 3. The third kappa shape index (κ3) is 9.92. The molecular formula is C37H49N3O11. The Bertz CT molecular complexity index is 1580. The highest BCUT2D eigenvalue weighted by Gasteiger charge is 2.54. The summed E-state index contributed by atoms with van der Waals surface area (Å²) in [5, 5.41) is 58.6. The van der Waals surface area contributed by atoms with Gasteiger partial charge >= 0.3 is 5.97 Å². The average Bonchev–Trinajstić information content (AvgIpc) is 3.09. The summed E-state index contributed by atoms with van der Waals surface area (Å²) < 4.78 is 11.5. The van der Waals surface area contributed by atoms with Crippen LogP contribution in [0, 0.1) is 19.8 Å². The van der Waals surface area contributed by atoms with E-state index in [1.54, 1.807) is 37.9 Å². The van der Waals surface area contributed by atoms with Gasteiger partial charge in [-0.15, -0.1) is 0 Å². The predicted octanol–water partition coefficient (Wildman–Crippen LogP) is 1.43. The number of hydrogen-bond acceptors (Lipinski definition) is 10. The number of aryl methyl sites for hydroxylation is 2. The molecule has 14 heteroatoms. The largest absolute Gasteiger partial charge is 0.507 e. The van der Waals surface area contributed by atoms with E-state index in [0.717, 1.165) is 24.0 Å². The van der Waals surface area contributed by atoms with Gasteiger partial charge in [-0.05, 0) is 67.1 Å². The Morgan fingerprint density at radius 3 is 2.45 bits per heavy atom. The summed E-state index contributed by atoms with van der Waals surface area (Å²) in [6.07, 6.45) is -2.42. The molecule has 3 amide bonds. The Kier molecular flexibility index (Phi) is 13.3. The zero-order valence-corrected chi connectivity index (χ0v) is 29.4. The molecular weight excluding hydrogens is 662 g/mol. The highest BCUT2D eigenvalue weighted by atomic mass is 16.6. The minimum Gasteiger partial charge on any atom is -0.507 e. The number of carbonyl (C=O) groups excluding carboxylic acids is 3. The van der Waals surface area contributed by atoms with Crippen LogP contribution in [0.4, 0.5) is 0 Å². The number of benzene rings is 2. The van der Waals surface area contributed by atoms with Crippen LogP contribution < -0.4 is 10.6 Å². The number of aromatic hydroxyl groups is 1. The van der Waals surface area contributed by atoms with E-state index in [1.165, 1.54) is 19.1 Å². The predicted molar refractivity (Wildman–Crippen MR) is 186 cm³/mol. The number of carbonyl (C=O) groups is 4. The molecule has 0 spiro atoms. The molecule has 0 radical (unpaired) electrons. The zero-order chi connectivity index (χ0) is 37.5. The molecule has 0 bridgehead atoms. The first kappa shape index (κ1) is 39.4. The van der Waals surface area contributed by atoms with Crippen LogP contribution in [0.3, 0.4) is 0 Å². The summed E-state index contributed by atoms with van der Waals surface area (Å²) in [7, 11) is 1.74. The number of ether oxygens (including phenoxy) is 2. The Hall–Kier alpha value is -4.34. The van der Waals surface area contributed by atoms with E-state index in [9.17, 15) is 44.7 Å². The van der Waals surface area contributed by atoms with Crippen LogP contribution in [-0.2, 0) is 30.4 Å². The normalized spacial score (nSPS) is 24.8. The van der Waals surface area contributed by atoms with Crippen LogP contribution >= 0.6 is 0 Å². The fourth-order valence-corrected chi connectivity index (χ4v) is 6.62. The molecule has 7 N–H and O–H groups in total. The Labute approximate surface area is 297 Å². The van der Waals surface area contributed by atoms with E-state index >= 15 is 0 Å². The highest BCUT2D eigenvalue weighted by Crippen LogP contribution is 2.35. The second kappa shape index (κ2) is 17.2. The van der Waals surface area contributed by atoms with Crippen LogP contribution in [0.25, 0.3) is 6.08 Å². The van der Waals surface area contributed by atoms with Crippen molar-refractivity contribution in [3.8, 4) is 5.75 Å². The van der Waals surface area contributed by atoms with Crippen LogP contribution in [0.5, 0.6) is 5.75 Å². The van der Waals surface area contributed by atoms with Crippen LogP contribution in [0.1, 0.15) is 65.2 Å². The first-order valence-corrected chi connectivity index (χ1v) is 17.0. The molecule has 1 unspecified atom stereocenters. The molecule has 278 valence electrons. The van der Waals surface area contributed by atoms with E-state index in [2.05, 4.69) is 10.6 Å². The first-order chi connectivity index (χ1) is 24.1. The van der Waals surface area contributed by atoms with Crippen LogP contribution in [0.15, 0.2) is 42.5 Å². The van der Waals surface area contributed by atoms with Gasteiger partial charge in [-0.1, -0.05) is 30.4 Å². The van der Waals surface area contributed by atoms with E-state index < -0.39 is 66.8 Å². The molecule has 4 rings (SSSR count). The second-order valence-electron chi connectivity index (χ2n) is 13.6. The zero-order valence-electron chi connectivity index (χ0n) is 29.4. The minimum atomic E-state index is -2.05. The molecule has 2 heterocycles. The summed E-state index contributed by atoms with van der Waals surface area (Å²) in [6.45, 7) is 5.40. The van der Waals surface area contributed by atoms with Crippen molar-refractivity contribution in [3.63, 3.8) is 0 Å². The van der Waals surface area contributed by atoms with Crippen molar-refractivity contribution in [1.29, 1.82) is 0 Å².